The van der Waals surface area contributed by atoms with Gasteiger partial charge in [0.05, 0.1) is 31.2 Å². The molecule has 0 bridgehead atoms. The first-order valence-corrected chi connectivity index (χ1v) is 8.37. The molecule has 0 saturated carbocycles. The van der Waals surface area contributed by atoms with E-state index >= 15 is 0 Å². The van der Waals surface area contributed by atoms with Crippen LogP contribution in [0.2, 0.25) is 0 Å². The zero-order valence-corrected chi connectivity index (χ0v) is 14.5. The van der Waals surface area contributed by atoms with Crippen molar-refractivity contribution < 1.29 is 19.0 Å². The number of benzene rings is 2. The summed E-state index contributed by atoms with van der Waals surface area (Å²) >= 11 is 3.42. The second-order valence-corrected chi connectivity index (χ2v) is 5.37. The van der Waals surface area contributed by atoms with Crippen LogP contribution < -0.4 is 0 Å². The van der Waals surface area contributed by atoms with Gasteiger partial charge in [0.15, 0.2) is 0 Å². The van der Waals surface area contributed by atoms with E-state index in [2.05, 4.69) is 20.7 Å². The summed E-state index contributed by atoms with van der Waals surface area (Å²) in [4.78, 5) is 10.8. The lowest BCUT2D eigenvalue weighted by molar-refractivity contribution is -0.144. The SMILES string of the molecule is BrCC1(c2ccccc2)OCCO1.COC(=O)c1ccccc1. The van der Waals surface area contributed by atoms with E-state index in [9.17, 15) is 4.79 Å². The van der Waals surface area contributed by atoms with Gasteiger partial charge in [-0.3, -0.25) is 0 Å². The normalized spacial score (nSPS) is 15.4. The van der Waals surface area contributed by atoms with Crippen LogP contribution in [-0.4, -0.2) is 31.6 Å². The van der Waals surface area contributed by atoms with Crippen molar-refractivity contribution in [2.45, 2.75) is 5.79 Å². The lowest BCUT2D eigenvalue weighted by atomic mass is 10.1. The van der Waals surface area contributed by atoms with Crippen molar-refractivity contribution in [3.8, 4) is 0 Å². The summed E-state index contributed by atoms with van der Waals surface area (Å²) in [6, 6.07) is 18.9. The lowest BCUT2D eigenvalue weighted by Crippen LogP contribution is -2.28. The molecule has 0 unspecified atom stereocenters. The van der Waals surface area contributed by atoms with E-state index in [-0.39, 0.29) is 5.97 Å². The number of esters is 1. The number of hydrogen-bond acceptors (Lipinski definition) is 4. The Labute approximate surface area is 144 Å². The third-order valence-corrected chi connectivity index (χ3v) is 4.08. The van der Waals surface area contributed by atoms with Crippen LogP contribution in [0.3, 0.4) is 0 Å². The van der Waals surface area contributed by atoms with E-state index in [1.807, 2.05) is 36.4 Å². The zero-order valence-electron chi connectivity index (χ0n) is 12.9. The molecule has 1 saturated heterocycles. The van der Waals surface area contributed by atoms with E-state index in [1.54, 1.807) is 24.3 Å². The molecule has 0 radical (unpaired) electrons. The van der Waals surface area contributed by atoms with E-state index < -0.39 is 5.79 Å². The monoisotopic (exact) mass is 378 g/mol. The summed E-state index contributed by atoms with van der Waals surface area (Å²) in [5, 5.41) is 0.671. The second kappa shape index (κ2) is 8.82. The first kappa shape index (κ1) is 17.7. The third-order valence-electron chi connectivity index (χ3n) is 3.34. The molecule has 4 nitrogen and oxygen atoms in total. The Balaban J connectivity index is 0.000000174. The lowest BCUT2D eigenvalue weighted by Gasteiger charge is -2.25. The number of halogens is 1. The average molecular weight is 379 g/mol. The molecule has 0 aromatic heterocycles. The maximum absolute atomic E-state index is 10.8. The molecule has 1 heterocycles. The highest BCUT2D eigenvalue weighted by atomic mass is 79.9. The van der Waals surface area contributed by atoms with Gasteiger partial charge in [0.25, 0.3) is 0 Å². The number of rotatable bonds is 3. The first-order chi connectivity index (χ1) is 11.2. The van der Waals surface area contributed by atoms with Crippen molar-refractivity contribution in [2.24, 2.45) is 0 Å². The van der Waals surface area contributed by atoms with Crippen molar-refractivity contribution in [3.05, 3.63) is 71.8 Å². The molecular weight excluding hydrogens is 360 g/mol. The van der Waals surface area contributed by atoms with E-state index in [0.717, 1.165) is 5.56 Å². The van der Waals surface area contributed by atoms with Crippen LogP contribution in [-0.2, 0) is 20.0 Å². The number of alkyl halides is 1. The van der Waals surface area contributed by atoms with Crippen molar-refractivity contribution in [1.29, 1.82) is 0 Å². The van der Waals surface area contributed by atoms with Crippen molar-refractivity contribution in [3.63, 3.8) is 0 Å². The summed E-state index contributed by atoms with van der Waals surface area (Å²) < 4.78 is 15.7. The smallest absolute Gasteiger partial charge is 0.337 e. The van der Waals surface area contributed by atoms with Gasteiger partial charge >= 0.3 is 5.97 Å². The summed E-state index contributed by atoms with van der Waals surface area (Å²) in [5.74, 6) is -0.845. The van der Waals surface area contributed by atoms with E-state index in [4.69, 9.17) is 9.47 Å². The number of carbonyl (C=O) groups excluding carboxylic acids is 1. The molecule has 0 amide bonds. The molecule has 23 heavy (non-hydrogen) atoms. The van der Waals surface area contributed by atoms with E-state index in [0.29, 0.717) is 24.1 Å². The maximum atomic E-state index is 10.8. The predicted octanol–water partition coefficient (Wildman–Crippen LogP) is 3.75. The molecule has 3 rings (SSSR count). The summed E-state index contributed by atoms with van der Waals surface area (Å²) in [5.41, 5.74) is 1.66. The van der Waals surface area contributed by atoms with Crippen LogP contribution in [0.1, 0.15) is 15.9 Å². The first-order valence-electron chi connectivity index (χ1n) is 7.24. The van der Waals surface area contributed by atoms with Gasteiger partial charge in [0.2, 0.25) is 5.79 Å². The Morgan fingerprint density at radius 3 is 2.04 bits per heavy atom. The van der Waals surface area contributed by atoms with Crippen LogP contribution in [0.15, 0.2) is 60.7 Å². The fraction of sp³-hybridized carbons (Fsp3) is 0.278. The molecule has 0 aliphatic carbocycles. The summed E-state index contributed by atoms with van der Waals surface area (Å²) in [7, 11) is 1.37. The molecule has 0 atom stereocenters. The summed E-state index contributed by atoms with van der Waals surface area (Å²) in [6.07, 6.45) is 0. The molecule has 2 aromatic carbocycles. The maximum Gasteiger partial charge on any atom is 0.337 e. The highest BCUT2D eigenvalue weighted by Crippen LogP contribution is 2.32. The number of ether oxygens (including phenoxy) is 3. The molecule has 2 aromatic rings. The van der Waals surface area contributed by atoms with Crippen LogP contribution in [0.5, 0.6) is 0 Å². The zero-order chi connectivity index (χ0) is 16.5. The Morgan fingerprint density at radius 1 is 1.04 bits per heavy atom. The number of carbonyl (C=O) groups is 1. The fourth-order valence-electron chi connectivity index (χ4n) is 2.16. The minimum Gasteiger partial charge on any atom is -0.465 e. The quantitative estimate of drug-likeness (QED) is 0.602. The Kier molecular flexibility index (Phi) is 6.77. The van der Waals surface area contributed by atoms with Gasteiger partial charge in [-0.2, -0.15) is 0 Å². The highest BCUT2D eigenvalue weighted by Gasteiger charge is 2.37. The van der Waals surface area contributed by atoms with Gasteiger partial charge < -0.3 is 14.2 Å². The largest absolute Gasteiger partial charge is 0.465 e. The molecule has 1 fully saturated rings. The molecule has 122 valence electrons. The van der Waals surface area contributed by atoms with Crippen molar-refractivity contribution >= 4 is 21.9 Å². The Bertz CT molecular complexity index is 595. The molecule has 0 spiro atoms. The highest BCUT2D eigenvalue weighted by molar-refractivity contribution is 9.09. The number of methoxy groups -OCH3 is 1. The second-order valence-electron chi connectivity index (χ2n) is 4.81. The average Bonchev–Trinajstić information content (AvgIpc) is 3.13. The molecule has 5 heteroatoms. The van der Waals surface area contributed by atoms with Crippen molar-refractivity contribution in [2.75, 3.05) is 25.7 Å². The molecule has 0 N–H and O–H groups in total. The van der Waals surface area contributed by atoms with Crippen LogP contribution in [0, 0.1) is 0 Å². The van der Waals surface area contributed by atoms with Crippen molar-refractivity contribution in [1.82, 2.24) is 0 Å². The Morgan fingerprint density at radius 2 is 1.57 bits per heavy atom. The standard InChI is InChI=1S/C10H11BrO2.C8H8O2/c11-8-10(12-6-7-13-10)9-4-2-1-3-5-9;1-10-8(9)7-5-3-2-4-6-7/h1-5H,6-8H2;2-6H,1H3. The van der Waals surface area contributed by atoms with Gasteiger partial charge in [0.1, 0.15) is 0 Å². The number of hydrogen-bond donors (Lipinski definition) is 0. The Hall–Kier alpha value is -1.69. The topological polar surface area (TPSA) is 44.8 Å². The van der Waals surface area contributed by atoms with Gasteiger partial charge in [-0.25, -0.2) is 4.79 Å². The van der Waals surface area contributed by atoms with Crippen LogP contribution >= 0.6 is 15.9 Å². The van der Waals surface area contributed by atoms with Crippen LogP contribution in [0.25, 0.3) is 0 Å². The molecule has 1 aliphatic rings. The predicted molar refractivity (Wildman–Crippen MR) is 91.6 cm³/mol. The van der Waals surface area contributed by atoms with E-state index in [1.165, 1.54) is 7.11 Å². The van der Waals surface area contributed by atoms with Gasteiger partial charge in [-0.05, 0) is 12.1 Å². The minimum atomic E-state index is -0.554. The fourth-order valence-corrected chi connectivity index (χ4v) is 2.81. The van der Waals surface area contributed by atoms with Crippen LogP contribution in [0.4, 0.5) is 0 Å². The summed E-state index contributed by atoms with van der Waals surface area (Å²) in [6.45, 7) is 1.33. The molecule has 1 aliphatic heterocycles. The minimum absolute atomic E-state index is 0.291. The third kappa shape index (κ3) is 4.64. The van der Waals surface area contributed by atoms with Gasteiger partial charge in [-0.1, -0.05) is 64.5 Å². The molecular formula is C18H19BrO4. The van der Waals surface area contributed by atoms with Gasteiger partial charge in [0, 0.05) is 5.56 Å². The van der Waals surface area contributed by atoms with Gasteiger partial charge in [-0.15, -0.1) is 0 Å².